The number of aliphatic hydroxyl groups excluding tert-OH is 4. The highest BCUT2D eigenvalue weighted by atomic mass is 16.4. The maximum absolute atomic E-state index is 9.77. The van der Waals surface area contributed by atoms with E-state index in [2.05, 4.69) is 0 Å². The van der Waals surface area contributed by atoms with Crippen LogP contribution in [-0.2, 0) is 9.59 Å². The normalized spacial score (nSPS) is 15.3. The maximum atomic E-state index is 9.77. The van der Waals surface area contributed by atoms with Crippen LogP contribution in [0.1, 0.15) is 13.3 Å². The summed E-state index contributed by atoms with van der Waals surface area (Å²) in [4.78, 5) is 19.5. The van der Waals surface area contributed by atoms with Crippen molar-refractivity contribution in [2.75, 3.05) is 6.61 Å². The summed E-state index contributed by atoms with van der Waals surface area (Å²) in [5, 5.41) is 49.0. The molecule has 8 nitrogen and oxygen atoms in total. The molecule has 8 heteroatoms. The Morgan fingerprint density at radius 2 is 1.31 bits per heavy atom. The van der Waals surface area contributed by atoms with E-state index < -0.39 is 24.1 Å². The van der Waals surface area contributed by atoms with Gasteiger partial charge in [0, 0.05) is 6.61 Å². The summed E-state index contributed by atoms with van der Waals surface area (Å²) in [6.07, 6.45) is -4.40. The lowest BCUT2D eigenvalue weighted by atomic mass is 10.2. The van der Waals surface area contributed by atoms with Gasteiger partial charge < -0.3 is 30.6 Å². The van der Waals surface area contributed by atoms with Crippen LogP contribution >= 0.6 is 0 Å². The fourth-order valence-electron chi connectivity index (χ4n) is 0.457. The van der Waals surface area contributed by atoms with Gasteiger partial charge in [-0.1, -0.05) is 0 Å². The van der Waals surface area contributed by atoms with Gasteiger partial charge in [0.15, 0.2) is 12.2 Å². The summed E-state index contributed by atoms with van der Waals surface area (Å²) >= 11 is 0. The average molecular weight is 240 g/mol. The van der Waals surface area contributed by atoms with Crippen LogP contribution in [-0.4, -0.2) is 67.5 Å². The molecule has 6 N–H and O–H groups in total. The summed E-state index contributed by atoms with van der Waals surface area (Å²) in [5.74, 6) is -3.54. The quantitative estimate of drug-likeness (QED) is 0.311. The monoisotopic (exact) mass is 240 g/mol. The number of carboxylic acid groups (broad SMARTS) is 2. The first-order chi connectivity index (χ1) is 7.23. The molecule has 0 saturated heterocycles. The van der Waals surface area contributed by atoms with Crippen LogP contribution < -0.4 is 0 Å². The molecule has 0 bridgehead atoms. The second-order valence-corrected chi connectivity index (χ2v) is 2.93. The van der Waals surface area contributed by atoms with Crippen LogP contribution in [0.5, 0.6) is 0 Å². The number of hydrogen-bond acceptors (Lipinski definition) is 6. The Kier molecular flexibility index (Phi) is 9.71. The highest BCUT2D eigenvalue weighted by Gasteiger charge is 2.29. The van der Waals surface area contributed by atoms with E-state index in [9.17, 15) is 9.59 Å². The van der Waals surface area contributed by atoms with Crippen LogP contribution in [0.4, 0.5) is 0 Å². The molecule has 0 aromatic heterocycles. The van der Waals surface area contributed by atoms with E-state index in [1.165, 1.54) is 0 Å². The number of carboxylic acids is 2. The van der Waals surface area contributed by atoms with Gasteiger partial charge in [-0.3, -0.25) is 0 Å². The lowest BCUT2D eigenvalue weighted by Gasteiger charge is -2.07. The smallest absolute Gasteiger partial charge is 0.335 e. The fourth-order valence-corrected chi connectivity index (χ4v) is 0.457. The summed E-state index contributed by atoms with van der Waals surface area (Å²) in [6, 6.07) is 0. The zero-order valence-electron chi connectivity index (χ0n) is 8.65. The zero-order valence-corrected chi connectivity index (χ0v) is 8.65. The zero-order chi connectivity index (χ0) is 13.3. The van der Waals surface area contributed by atoms with E-state index in [0.29, 0.717) is 6.42 Å². The Morgan fingerprint density at radius 3 is 1.38 bits per heavy atom. The predicted octanol–water partition coefficient (Wildman–Crippen LogP) is -2.37. The van der Waals surface area contributed by atoms with Crippen molar-refractivity contribution in [2.24, 2.45) is 0 Å². The maximum Gasteiger partial charge on any atom is 0.335 e. The minimum Gasteiger partial charge on any atom is -0.479 e. The molecule has 0 aliphatic rings. The third kappa shape index (κ3) is 9.34. The number of hydrogen-bond donors (Lipinski definition) is 6. The third-order valence-electron chi connectivity index (χ3n) is 1.35. The number of rotatable bonds is 5. The summed E-state index contributed by atoms with van der Waals surface area (Å²) in [5.41, 5.74) is 0. The Bertz CT molecular complexity index is 196. The molecule has 0 heterocycles. The van der Waals surface area contributed by atoms with Crippen molar-refractivity contribution in [1.29, 1.82) is 0 Å². The molecule has 0 fully saturated rings. The molecule has 0 aromatic rings. The largest absolute Gasteiger partial charge is 0.479 e. The number of aliphatic carboxylic acids is 2. The molecule has 16 heavy (non-hydrogen) atoms. The van der Waals surface area contributed by atoms with E-state index in [0.717, 1.165) is 0 Å². The van der Waals surface area contributed by atoms with Crippen LogP contribution in [0.15, 0.2) is 0 Å². The molecule has 96 valence electrons. The molecule has 0 radical (unpaired) electrons. The standard InChI is InChI=1S/C4H6O6.C4H10O2/c5-1(3(7)8)2(6)4(9)10;1-4(6)2-3-5/h1-2,5-6H,(H,7,8)(H,9,10);4-6H,2-3H2,1H3. The van der Waals surface area contributed by atoms with Gasteiger partial charge in [-0.05, 0) is 13.3 Å². The lowest BCUT2D eigenvalue weighted by molar-refractivity contribution is -0.165. The highest BCUT2D eigenvalue weighted by molar-refractivity contribution is 5.83. The summed E-state index contributed by atoms with van der Waals surface area (Å²) < 4.78 is 0. The molecule has 0 saturated carbocycles. The predicted molar refractivity (Wildman–Crippen MR) is 50.7 cm³/mol. The Labute approximate surface area is 91.4 Å². The van der Waals surface area contributed by atoms with Crippen LogP contribution in [0, 0.1) is 0 Å². The van der Waals surface area contributed by atoms with Gasteiger partial charge in [0.1, 0.15) is 0 Å². The van der Waals surface area contributed by atoms with Crippen LogP contribution in [0.25, 0.3) is 0 Å². The minimum absolute atomic E-state index is 0.0810. The molecule has 0 rings (SSSR count). The molecule has 3 unspecified atom stereocenters. The van der Waals surface area contributed by atoms with E-state index >= 15 is 0 Å². The van der Waals surface area contributed by atoms with Gasteiger partial charge in [0.25, 0.3) is 0 Å². The SMILES string of the molecule is CC(O)CCO.O=C(O)C(O)C(O)C(=O)O. The van der Waals surface area contributed by atoms with E-state index in [1.807, 2.05) is 0 Å². The van der Waals surface area contributed by atoms with E-state index in [1.54, 1.807) is 6.92 Å². The second kappa shape index (κ2) is 9.04. The van der Waals surface area contributed by atoms with Crippen molar-refractivity contribution in [3.63, 3.8) is 0 Å². The number of carbonyl (C=O) groups is 2. The minimum atomic E-state index is -2.27. The highest BCUT2D eigenvalue weighted by Crippen LogP contribution is 1.92. The van der Waals surface area contributed by atoms with Gasteiger partial charge in [-0.15, -0.1) is 0 Å². The Balaban J connectivity index is 0. The van der Waals surface area contributed by atoms with Crippen molar-refractivity contribution >= 4 is 11.9 Å². The number of aliphatic hydroxyl groups is 4. The molecule has 3 atom stereocenters. The van der Waals surface area contributed by atoms with Crippen molar-refractivity contribution in [3.8, 4) is 0 Å². The molecular formula is C8H16O8. The molecule has 0 aliphatic carbocycles. The van der Waals surface area contributed by atoms with Gasteiger partial charge in [-0.2, -0.15) is 0 Å². The van der Waals surface area contributed by atoms with E-state index in [4.69, 9.17) is 30.6 Å². The van der Waals surface area contributed by atoms with Gasteiger partial charge in [-0.25, -0.2) is 9.59 Å². The molecule has 0 amide bonds. The molecule has 0 aromatic carbocycles. The van der Waals surface area contributed by atoms with Gasteiger partial charge in [0.2, 0.25) is 0 Å². The van der Waals surface area contributed by atoms with Crippen molar-refractivity contribution in [1.82, 2.24) is 0 Å². The first kappa shape index (κ1) is 17.2. The molecular weight excluding hydrogens is 224 g/mol. The first-order valence-corrected chi connectivity index (χ1v) is 4.34. The van der Waals surface area contributed by atoms with Crippen molar-refractivity contribution in [3.05, 3.63) is 0 Å². The Morgan fingerprint density at radius 1 is 1.00 bits per heavy atom. The molecule has 0 aliphatic heterocycles. The van der Waals surface area contributed by atoms with Crippen molar-refractivity contribution < 1.29 is 40.2 Å². The second-order valence-electron chi connectivity index (χ2n) is 2.93. The summed E-state index contributed by atoms with van der Waals surface area (Å²) in [7, 11) is 0. The average Bonchev–Trinajstić information content (AvgIpc) is 2.15. The molecule has 0 spiro atoms. The lowest BCUT2D eigenvalue weighted by Crippen LogP contribution is -2.39. The van der Waals surface area contributed by atoms with Crippen LogP contribution in [0.2, 0.25) is 0 Å². The summed E-state index contributed by atoms with van der Waals surface area (Å²) in [6.45, 7) is 1.73. The third-order valence-corrected chi connectivity index (χ3v) is 1.35. The van der Waals surface area contributed by atoms with E-state index in [-0.39, 0.29) is 12.7 Å². The van der Waals surface area contributed by atoms with Gasteiger partial charge >= 0.3 is 11.9 Å². The van der Waals surface area contributed by atoms with Crippen LogP contribution in [0.3, 0.4) is 0 Å². The fraction of sp³-hybridized carbons (Fsp3) is 0.750. The first-order valence-electron chi connectivity index (χ1n) is 4.34. The van der Waals surface area contributed by atoms with Crippen molar-refractivity contribution in [2.45, 2.75) is 31.7 Å². The Hall–Kier alpha value is -1.22. The topological polar surface area (TPSA) is 156 Å². The van der Waals surface area contributed by atoms with Gasteiger partial charge in [0.05, 0.1) is 6.10 Å².